The maximum Gasteiger partial charge on any atom is 0.411 e. The molecule has 0 bridgehead atoms. The van der Waals surface area contributed by atoms with Crippen molar-refractivity contribution in [3.05, 3.63) is 34.3 Å². The Labute approximate surface area is 131 Å². The highest BCUT2D eigenvalue weighted by atomic mass is 79.9. The summed E-state index contributed by atoms with van der Waals surface area (Å²) < 4.78 is 33.6. The predicted octanol–water partition coefficient (Wildman–Crippen LogP) is 4.77. The number of hydrogen-bond donors (Lipinski definition) is 0. The molecule has 0 spiro atoms. The maximum absolute atomic E-state index is 13.7. The van der Waals surface area contributed by atoms with Crippen molar-refractivity contribution < 1.29 is 18.3 Å². The monoisotopic (exact) mass is 361 g/mol. The molecule has 21 heavy (non-hydrogen) atoms. The molecule has 1 aromatic rings. The lowest BCUT2D eigenvalue weighted by atomic mass is 10.0. The van der Waals surface area contributed by atoms with Crippen LogP contribution in [0, 0.1) is 0 Å². The first-order chi connectivity index (χ1) is 9.57. The molecule has 1 atom stereocenters. The van der Waals surface area contributed by atoms with Crippen LogP contribution in [0.3, 0.4) is 0 Å². The van der Waals surface area contributed by atoms with E-state index in [1.54, 1.807) is 45.0 Å². The molecule has 6 heteroatoms. The molecule has 1 heterocycles. The van der Waals surface area contributed by atoms with Crippen LogP contribution in [0.25, 0.3) is 0 Å². The van der Waals surface area contributed by atoms with Crippen LogP contribution in [0.2, 0.25) is 0 Å². The van der Waals surface area contributed by atoms with Gasteiger partial charge in [0, 0.05) is 10.9 Å². The van der Waals surface area contributed by atoms with Crippen molar-refractivity contribution in [2.24, 2.45) is 0 Å². The molecule has 1 amide bonds. The third kappa shape index (κ3) is 4.15. The van der Waals surface area contributed by atoms with Crippen molar-refractivity contribution in [1.29, 1.82) is 0 Å². The summed E-state index contributed by atoms with van der Waals surface area (Å²) in [5.41, 5.74) is -0.0274. The van der Waals surface area contributed by atoms with Crippen LogP contribution in [0.4, 0.5) is 13.6 Å². The number of benzene rings is 1. The van der Waals surface area contributed by atoms with Gasteiger partial charge in [0.25, 0.3) is 5.92 Å². The third-order valence-electron chi connectivity index (χ3n) is 3.15. The Kier molecular flexibility index (Phi) is 4.29. The first-order valence-electron chi connectivity index (χ1n) is 6.70. The number of rotatable bonds is 1. The van der Waals surface area contributed by atoms with Gasteiger partial charge < -0.3 is 4.74 Å². The molecule has 116 valence electrons. The Balaban J connectivity index is 2.25. The van der Waals surface area contributed by atoms with Crippen LogP contribution in [0.15, 0.2) is 28.7 Å². The molecule has 3 nitrogen and oxygen atoms in total. The minimum absolute atomic E-state index is 0.381. The van der Waals surface area contributed by atoms with Crippen molar-refractivity contribution in [3.8, 4) is 0 Å². The van der Waals surface area contributed by atoms with E-state index in [1.807, 2.05) is 0 Å². The van der Waals surface area contributed by atoms with Crippen LogP contribution in [0.1, 0.15) is 38.8 Å². The predicted molar refractivity (Wildman–Crippen MR) is 79.4 cm³/mol. The lowest BCUT2D eigenvalue weighted by Gasteiger charge is -2.28. The van der Waals surface area contributed by atoms with Crippen molar-refractivity contribution in [3.63, 3.8) is 0 Å². The first kappa shape index (κ1) is 16.2. The lowest BCUT2D eigenvalue weighted by molar-refractivity contribution is -0.00243. The normalized spacial score (nSPS) is 21.4. The van der Waals surface area contributed by atoms with Gasteiger partial charge in [0.1, 0.15) is 5.60 Å². The molecule has 2 rings (SSSR count). The van der Waals surface area contributed by atoms with E-state index in [9.17, 15) is 13.6 Å². The maximum atomic E-state index is 13.7. The van der Waals surface area contributed by atoms with Crippen molar-refractivity contribution in [2.45, 2.75) is 44.8 Å². The zero-order valence-corrected chi connectivity index (χ0v) is 13.8. The van der Waals surface area contributed by atoms with Crippen LogP contribution in [-0.2, 0) is 4.74 Å². The number of nitrogens with zero attached hydrogens (tertiary/aromatic N) is 1. The van der Waals surface area contributed by atoms with Gasteiger partial charge in [-0.1, -0.05) is 28.1 Å². The fourth-order valence-corrected chi connectivity index (χ4v) is 2.58. The van der Waals surface area contributed by atoms with Gasteiger partial charge in [-0.15, -0.1) is 0 Å². The summed E-state index contributed by atoms with van der Waals surface area (Å²) in [4.78, 5) is 13.3. The van der Waals surface area contributed by atoms with Crippen LogP contribution in [-0.4, -0.2) is 29.1 Å². The lowest BCUT2D eigenvalue weighted by Crippen LogP contribution is -2.37. The molecule has 0 aromatic heterocycles. The smallest absolute Gasteiger partial charge is 0.411 e. The van der Waals surface area contributed by atoms with Gasteiger partial charge in [-0.3, -0.25) is 4.90 Å². The van der Waals surface area contributed by atoms with Gasteiger partial charge in [-0.2, -0.15) is 0 Å². The summed E-state index contributed by atoms with van der Waals surface area (Å²) in [6, 6.07) is 6.38. The molecule has 1 saturated heterocycles. The highest BCUT2D eigenvalue weighted by Crippen LogP contribution is 2.41. The molecule has 1 aromatic carbocycles. The fraction of sp³-hybridized carbons (Fsp3) is 0.533. The second-order valence-corrected chi connectivity index (χ2v) is 7.15. The Morgan fingerprint density at radius 1 is 1.33 bits per heavy atom. The van der Waals surface area contributed by atoms with E-state index in [-0.39, 0.29) is 6.42 Å². The topological polar surface area (TPSA) is 29.5 Å². The van der Waals surface area contributed by atoms with E-state index in [2.05, 4.69) is 15.9 Å². The second kappa shape index (κ2) is 5.55. The molecular formula is C15H18BrF2NO2. The SMILES string of the molecule is CC(C)(C)OC(=O)N1CC(F)(F)CC1c1ccc(Br)cc1. The molecular weight excluding hydrogens is 344 g/mol. The Morgan fingerprint density at radius 2 is 1.90 bits per heavy atom. The average Bonchev–Trinajstić information content (AvgIpc) is 2.64. The minimum atomic E-state index is -2.89. The average molecular weight is 362 g/mol. The van der Waals surface area contributed by atoms with Gasteiger partial charge in [-0.25, -0.2) is 13.6 Å². The summed E-state index contributed by atoms with van der Waals surface area (Å²) in [6.07, 6.45) is -1.08. The summed E-state index contributed by atoms with van der Waals surface area (Å²) in [6.45, 7) is 4.54. The van der Waals surface area contributed by atoms with Gasteiger partial charge in [0.2, 0.25) is 0 Å². The van der Waals surface area contributed by atoms with E-state index in [0.717, 1.165) is 9.37 Å². The molecule has 1 fully saturated rings. The number of halogens is 3. The van der Waals surface area contributed by atoms with Gasteiger partial charge in [-0.05, 0) is 38.5 Å². The molecule has 0 radical (unpaired) electrons. The Bertz CT molecular complexity index is 525. The van der Waals surface area contributed by atoms with Gasteiger partial charge in [0.15, 0.2) is 0 Å². The van der Waals surface area contributed by atoms with Crippen LogP contribution < -0.4 is 0 Å². The quantitative estimate of drug-likeness (QED) is 0.721. The van der Waals surface area contributed by atoms with Crippen LogP contribution >= 0.6 is 15.9 Å². The standard InChI is InChI=1S/C15H18BrF2NO2/c1-14(2,3)21-13(20)19-9-15(17,18)8-12(19)10-4-6-11(16)7-5-10/h4-7,12H,8-9H2,1-3H3. The van der Waals surface area contributed by atoms with E-state index in [4.69, 9.17) is 4.74 Å². The first-order valence-corrected chi connectivity index (χ1v) is 7.50. The molecule has 1 unspecified atom stereocenters. The second-order valence-electron chi connectivity index (χ2n) is 6.24. The van der Waals surface area contributed by atoms with Crippen molar-refractivity contribution in [2.75, 3.05) is 6.54 Å². The van der Waals surface area contributed by atoms with Crippen LogP contribution in [0.5, 0.6) is 0 Å². The Morgan fingerprint density at radius 3 is 2.43 bits per heavy atom. The highest BCUT2D eigenvalue weighted by molar-refractivity contribution is 9.10. The number of ether oxygens (including phenoxy) is 1. The van der Waals surface area contributed by atoms with E-state index < -0.39 is 30.2 Å². The van der Waals surface area contributed by atoms with E-state index in [0.29, 0.717) is 5.56 Å². The molecule has 1 aliphatic heterocycles. The van der Waals surface area contributed by atoms with Crippen molar-refractivity contribution >= 4 is 22.0 Å². The number of alkyl halides is 2. The number of carbonyl (C=O) groups excluding carboxylic acids is 1. The molecule has 1 aliphatic rings. The fourth-order valence-electron chi connectivity index (χ4n) is 2.31. The molecule has 0 aliphatic carbocycles. The summed E-state index contributed by atoms with van der Waals surface area (Å²) >= 11 is 3.31. The largest absolute Gasteiger partial charge is 0.444 e. The number of carbonyl (C=O) groups is 1. The van der Waals surface area contributed by atoms with E-state index >= 15 is 0 Å². The number of likely N-dealkylation sites (tertiary alicyclic amines) is 1. The number of hydrogen-bond acceptors (Lipinski definition) is 2. The van der Waals surface area contributed by atoms with Gasteiger partial charge >= 0.3 is 6.09 Å². The van der Waals surface area contributed by atoms with Crippen molar-refractivity contribution in [1.82, 2.24) is 4.90 Å². The minimum Gasteiger partial charge on any atom is -0.444 e. The zero-order chi connectivity index (χ0) is 15.8. The summed E-state index contributed by atoms with van der Waals surface area (Å²) in [5.74, 6) is -2.89. The third-order valence-corrected chi connectivity index (χ3v) is 3.68. The number of amides is 1. The Hall–Kier alpha value is -1.17. The molecule has 0 N–H and O–H groups in total. The summed E-state index contributed by atoms with van der Waals surface area (Å²) in [7, 11) is 0. The highest BCUT2D eigenvalue weighted by Gasteiger charge is 2.48. The zero-order valence-electron chi connectivity index (χ0n) is 12.2. The summed E-state index contributed by atoms with van der Waals surface area (Å²) in [5, 5.41) is 0. The van der Waals surface area contributed by atoms with Gasteiger partial charge in [0.05, 0.1) is 12.6 Å². The molecule has 0 saturated carbocycles. The van der Waals surface area contributed by atoms with E-state index in [1.165, 1.54) is 0 Å².